The molecular weight excluding hydrogens is 166 g/mol. The second-order valence-electron chi connectivity index (χ2n) is 1.87. The van der Waals surface area contributed by atoms with E-state index in [1.165, 1.54) is 6.07 Å². The molecule has 0 aliphatic heterocycles. The normalized spacial score (nSPS) is 17.1. The van der Waals surface area contributed by atoms with Gasteiger partial charge in [-0.3, -0.25) is 0 Å². The molecule has 0 aromatic rings. The number of hydrogen-bond donors (Lipinski definition) is 1. The van der Waals surface area contributed by atoms with Crippen LogP contribution in [0.4, 0.5) is 17.6 Å². The molecule has 0 amide bonds. The van der Waals surface area contributed by atoms with Crippen LogP contribution in [-0.4, -0.2) is 23.6 Å². The van der Waals surface area contributed by atoms with Crippen molar-refractivity contribution < 1.29 is 22.7 Å². The highest BCUT2D eigenvalue weighted by Gasteiger charge is 2.44. The molecule has 0 aliphatic carbocycles. The zero-order chi connectivity index (χ0) is 9.07. The molecule has 0 aromatic heterocycles. The lowest BCUT2D eigenvalue weighted by Gasteiger charge is -2.15. The lowest BCUT2D eigenvalue weighted by molar-refractivity contribution is -0.204. The summed E-state index contributed by atoms with van der Waals surface area (Å²) in [6.45, 7) is 0. The Morgan fingerprint density at radius 3 is 2.18 bits per heavy atom. The van der Waals surface area contributed by atoms with Gasteiger partial charge in [-0.25, -0.2) is 4.39 Å². The molecule has 0 bridgehead atoms. The first-order chi connectivity index (χ1) is 4.89. The summed E-state index contributed by atoms with van der Waals surface area (Å²) in [5.41, 5.74) is 0. The Morgan fingerprint density at radius 2 is 1.91 bits per heavy atom. The summed E-state index contributed by atoms with van der Waals surface area (Å²) in [7, 11) is 0. The number of hydrogen-bond acceptors (Lipinski definition) is 2. The Hall–Kier alpha value is -0.830. The summed E-state index contributed by atoms with van der Waals surface area (Å²) in [6, 6.07) is 1.23. The van der Waals surface area contributed by atoms with Gasteiger partial charge in [-0.1, -0.05) is 0 Å². The topological polar surface area (TPSA) is 44.0 Å². The lowest BCUT2D eigenvalue weighted by atomic mass is 10.2. The summed E-state index contributed by atoms with van der Waals surface area (Å²) in [4.78, 5) is 0. The highest BCUT2D eigenvalue weighted by molar-refractivity contribution is 4.83. The molecule has 2 atom stereocenters. The van der Waals surface area contributed by atoms with Crippen LogP contribution < -0.4 is 0 Å². The van der Waals surface area contributed by atoms with Crippen LogP contribution in [0.25, 0.3) is 0 Å². The van der Waals surface area contributed by atoms with Crippen LogP contribution in [0.3, 0.4) is 0 Å². The van der Waals surface area contributed by atoms with E-state index in [1.807, 2.05) is 0 Å². The van der Waals surface area contributed by atoms with Gasteiger partial charge in [0, 0.05) is 0 Å². The van der Waals surface area contributed by atoms with Gasteiger partial charge < -0.3 is 5.11 Å². The summed E-state index contributed by atoms with van der Waals surface area (Å²) in [5.74, 6) is 0. The smallest absolute Gasteiger partial charge is 0.389 e. The number of aliphatic hydroxyl groups is 1. The highest BCUT2D eigenvalue weighted by Crippen LogP contribution is 2.26. The largest absolute Gasteiger partial charge is 0.422 e. The van der Waals surface area contributed by atoms with Gasteiger partial charge in [-0.2, -0.15) is 18.4 Å². The van der Waals surface area contributed by atoms with Gasteiger partial charge >= 0.3 is 6.18 Å². The molecule has 0 fully saturated rings. The standard InChI is InChI=1S/C5H5F4NO/c6-4(5(7,8)9)3(11)1-2-10/h3-4,11H,1H2. The van der Waals surface area contributed by atoms with Crippen LogP contribution in [-0.2, 0) is 0 Å². The summed E-state index contributed by atoms with van der Waals surface area (Å²) in [6.07, 6.45) is -11.6. The van der Waals surface area contributed by atoms with Crippen molar-refractivity contribution in [1.82, 2.24) is 0 Å². The SMILES string of the molecule is N#CCC(O)C(F)C(F)(F)F. The third kappa shape index (κ3) is 3.18. The van der Waals surface area contributed by atoms with E-state index in [1.54, 1.807) is 0 Å². The van der Waals surface area contributed by atoms with E-state index >= 15 is 0 Å². The van der Waals surface area contributed by atoms with Crippen molar-refractivity contribution in [2.75, 3.05) is 0 Å². The molecule has 2 nitrogen and oxygen atoms in total. The monoisotopic (exact) mass is 171 g/mol. The van der Waals surface area contributed by atoms with Crippen LogP contribution in [0.15, 0.2) is 0 Å². The summed E-state index contributed by atoms with van der Waals surface area (Å²) in [5, 5.41) is 16.1. The Bertz CT molecular complexity index is 161. The third-order valence-corrected chi connectivity index (χ3v) is 0.951. The fraction of sp³-hybridized carbons (Fsp3) is 0.800. The van der Waals surface area contributed by atoms with Crippen molar-refractivity contribution in [3.05, 3.63) is 0 Å². The number of halogens is 4. The van der Waals surface area contributed by atoms with Crippen molar-refractivity contribution in [3.8, 4) is 6.07 Å². The molecule has 0 heterocycles. The molecule has 0 saturated heterocycles. The maximum absolute atomic E-state index is 12.0. The molecule has 11 heavy (non-hydrogen) atoms. The van der Waals surface area contributed by atoms with E-state index in [0.29, 0.717) is 0 Å². The molecule has 0 aromatic carbocycles. The Balaban J connectivity index is 4.04. The van der Waals surface area contributed by atoms with E-state index in [0.717, 1.165) is 0 Å². The zero-order valence-electron chi connectivity index (χ0n) is 5.27. The molecule has 1 N–H and O–H groups in total. The van der Waals surface area contributed by atoms with Crippen molar-refractivity contribution in [3.63, 3.8) is 0 Å². The van der Waals surface area contributed by atoms with Gasteiger partial charge in [0.2, 0.25) is 6.17 Å². The summed E-state index contributed by atoms with van der Waals surface area (Å²) >= 11 is 0. The lowest BCUT2D eigenvalue weighted by Crippen LogP contribution is -2.35. The molecular formula is C5H5F4NO. The van der Waals surface area contributed by atoms with E-state index in [9.17, 15) is 17.6 Å². The minimum Gasteiger partial charge on any atom is -0.389 e. The number of alkyl halides is 4. The molecule has 0 radical (unpaired) electrons. The first-order valence-corrected chi connectivity index (χ1v) is 2.65. The van der Waals surface area contributed by atoms with Gasteiger partial charge in [0.05, 0.1) is 12.5 Å². The first kappa shape index (κ1) is 10.2. The van der Waals surface area contributed by atoms with Crippen molar-refractivity contribution in [2.45, 2.75) is 24.9 Å². The summed E-state index contributed by atoms with van der Waals surface area (Å²) < 4.78 is 46.1. The maximum atomic E-state index is 12.0. The van der Waals surface area contributed by atoms with Crippen LogP contribution >= 0.6 is 0 Å². The van der Waals surface area contributed by atoms with E-state index in [4.69, 9.17) is 10.4 Å². The predicted molar refractivity (Wildman–Crippen MR) is 27.2 cm³/mol. The Labute approximate surface area is 60.0 Å². The van der Waals surface area contributed by atoms with Crippen LogP contribution in [0.2, 0.25) is 0 Å². The molecule has 0 rings (SSSR count). The Kier molecular flexibility index (Phi) is 3.26. The van der Waals surface area contributed by atoms with Crippen molar-refractivity contribution in [2.24, 2.45) is 0 Å². The second kappa shape index (κ2) is 3.53. The fourth-order valence-corrected chi connectivity index (χ4v) is 0.415. The number of rotatable bonds is 2. The van der Waals surface area contributed by atoms with Crippen molar-refractivity contribution in [1.29, 1.82) is 5.26 Å². The van der Waals surface area contributed by atoms with Crippen LogP contribution in [0, 0.1) is 11.3 Å². The Morgan fingerprint density at radius 1 is 1.45 bits per heavy atom. The van der Waals surface area contributed by atoms with Crippen molar-refractivity contribution >= 4 is 0 Å². The van der Waals surface area contributed by atoms with Gasteiger partial charge in [0.1, 0.15) is 6.10 Å². The molecule has 0 saturated carbocycles. The quantitative estimate of drug-likeness (QED) is 0.633. The first-order valence-electron chi connectivity index (χ1n) is 2.65. The van der Waals surface area contributed by atoms with Crippen LogP contribution in [0.1, 0.15) is 6.42 Å². The zero-order valence-corrected chi connectivity index (χ0v) is 5.27. The molecule has 64 valence electrons. The minimum atomic E-state index is -5.09. The van der Waals surface area contributed by atoms with E-state index < -0.39 is 24.9 Å². The number of nitrogens with zero attached hydrogens (tertiary/aromatic N) is 1. The molecule has 6 heteroatoms. The van der Waals surface area contributed by atoms with Gasteiger partial charge in [0.15, 0.2) is 0 Å². The number of nitriles is 1. The predicted octanol–water partition coefficient (Wildman–Crippen LogP) is 1.16. The number of aliphatic hydroxyl groups excluding tert-OH is 1. The molecule has 0 spiro atoms. The average Bonchev–Trinajstić information content (AvgIpc) is 1.85. The minimum absolute atomic E-state index is 0.860. The van der Waals surface area contributed by atoms with Gasteiger partial charge in [0.25, 0.3) is 0 Å². The van der Waals surface area contributed by atoms with Gasteiger partial charge in [-0.05, 0) is 0 Å². The average molecular weight is 171 g/mol. The second-order valence-corrected chi connectivity index (χ2v) is 1.87. The van der Waals surface area contributed by atoms with E-state index in [2.05, 4.69) is 0 Å². The van der Waals surface area contributed by atoms with E-state index in [-0.39, 0.29) is 0 Å². The molecule has 0 aliphatic rings. The maximum Gasteiger partial charge on any atom is 0.422 e. The fourth-order valence-electron chi connectivity index (χ4n) is 0.415. The molecule has 2 unspecified atom stereocenters. The highest BCUT2D eigenvalue weighted by atomic mass is 19.4. The third-order valence-electron chi connectivity index (χ3n) is 0.951. The van der Waals surface area contributed by atoms with Gasteiger partial charge in [-0.15, -0.1) is 0 Å². The van der Waals surface area contributed by atoms with Crippen LogP contribution in [0.5, 0.6) is 0 Å².